The minimum atomic E-state index is 0.654. The van der Waals surface area contributed by atoms with Gasteiger partial charge in [0, 0.05) is 42.5 Å². The van der Waals surface area contributed by atoms with Gasteiger partial charge in [0.05, 0.1) is 6.54 Å². The van der Waals surface area contributed by atoms with E-state index in [2.05, 4.69) is 45.1 Å². The molecule has 5 nitrogen and oxygen atoms in total. The highest BCUT2D eigenvalue weighted by atomic mass is 35.5. The fourth-order valence-electron chi connectivity index (χ4n) is 3.25. The summed E-state index contributed by atoms with van der Waals surface area (Å²) < 4.78 is 5.46. The lowest BCUT2D eigenvalue weighted by Gasteiger charge is -2.35. The van der Waals surface area contributed by atoms with Crippen LogP contribution >= 0.6 is 11.6 Å². The van der Waals surface area contributed by atoms with Crippen LogP contribution in [-0.2, 0) is 6.54 Å². The number of benzene rings is 2. The van der Waals surface area contributed by atoms with Crippen molar-refractivity contribution in [2.24, 2.45) is 0 Å². The molecule has 1 saturated heterocycles. The molecule has 0 amide bonds. The van der Waals surface area contributed by atoms with Gasteiger partial charge in [0.25, 0.3) is 0 Å². The third-order valence-electron chi connectivity index (χ3n) is 4.65. The highest BCUT2D eigenvalue weighted by molar-refractivity contribution is 6.30. The number of aromatic nitrogens is 2. The summed E-state index contributed by atoms with van der Waals surface area (Å²) in [5.74, 6) is 1.32. The minimum absolute atomic E-state index is 0.654. The Hall–Kier alpha value is -2.37. The van der Waals surface area contributed by atoms with Gasteiger partial charge in [-0.1, -0.05) is 46.6 Å². The van der Waals surface area contributed by atoms with Crippen molar-refractivity contribution in [1.82, 2.24) is 15.0 Å². The van der Waals surface area contributed by atoms with Crippen LogP contribution in [0.5, 0.6) is 0 Å². The number of aryl methyl sites for hydroxylation is 1. The number of halogens is 1. The Bertz CT molecular complexity index is 887. The summed E-state index contributed by atoms with van der Waals surface area (Å²) in [4.78, 5) is 9.25. The van der Waals surface area contributed by atoms with Crippen molar-refractivity contribution < 1.29 is 4.52 Å². The first-order valence-electron chi connectivity index (χ1n) is 8.80. The Morgan fingerprint density at radius 2 is 1.85 bits per heavy atom. The number of hydrogen-bond acceptors (Lipinski definition) is 5. The van der Waals surface area contributed by atoms with Crippen LogP contribution in [0.2, 0.25) is 5.02 Å². The lowest BCUT2D eigenvalue weighted by molar-refractivity contribution is 0.215. The van der Waals surface area contributed by atoms with Crippen LogP contribution in [0.1, 0.15) is 11.5 Å². The normalized spacial score (nSPS) is 15.4. The average Bonchev–Trinajstić information content (AvgIpc) is 3.11. The quantitative estimate of drug-likeness (QED) is 0.696. The summed E-state index contributed by atoms with van der Waals surface area (Å²) in [7, 11) is 0. The van der Waals surface area contributed by atoms with Crippen LogP contribution in [0.25, 0.3) is 11.4 Å². The number of piperazine rings is 1. The van der Waals surface area contributed by atoms with E-state index in [9.17, 15) is 0 Å². The molecule has 2 heterocycles. The molecule has 0 unspecified atom stereocenters. The SMILES string of the molecule is Cc1cccc(-c2noc(CN3CCN(c4cccc(Cl)c4)CC3)n2)c1. The molecule has 2 aromatic carbocycles. The third-order valence-corrected chi connectivity index (χ3v) is 4.88. The molecule has 0 radical (unpaired) electrons. The Labute approximate surface area is 158 Å². The van der Waals surface area contributed by atoms with Gasteiger partial charge in [-0.2, -0.15) is 4.98 Å². The Morgan fingerprint density at radius 3 is 2.62 bits per heavy atom. The molecule has 0 saturated carbocycles. The lowest BCUT2D eigenvalue weighted by atomic mass is 10.1. The van der Waals surface area contributed by atoms with Gasteiger partial charge in [-0.25, -0.2) is 0 Å². The summed E-state index contributed by atoms with van der Waals surface area (Å²) in [5, 5.41) is 4.90. The standard InChI is InChI=1S/C20H21ClN4O/c1-15-4-2-5-16(12-15)20-22-19(26-23-20)14-24-8-10-25(11-9-24)18-7-3-6-17(21)13-18/h2-7,12-13H,8-11,14H2,1H3. The maximum Gasteiger partial charge on any atom is 0.241 e. The molecule has 134 valence electrons. The van der Waals surface area contributed by atoms with Gasteiger partial charge in [0.2, 0.25) is 11.7 Å². The second-order valence-electron chi connectivity index (χ2n) is 6.62. The van der Waals surface area contributed by atoms with Crippen molar-refractivity contribution in [3.05, 3.63) is 65.0 Å². The van der Waals surface area contributed by atoms with E-state index in [1.54, 1.807) is 0 Å². The molecular weight excluding hydrogens is 348 g/mol. The van der Waals surface area contributed by atoms with Gasteiger partial charge in [0.15, 0.2) is 0 Å². The first kappa shape index (κ1) is 17.1. The van der Waals surface area contributed by atoms with Crippen LogP contribution < -0.4 is 4.90 Å². The van der Waals surface area contributed by atoms with E-state index in [1.807, 2.05) is 30.3 Å². The molecule has 3 aromatic rings. The first-order valence-corrected chi connectivity index (χ1v) is 9.18. The summed E-state index contributed by atoms with van der Waals surface area (Å²) in [6, 6.07) is 16.2. The molecule has 1 aliphatic heterocycles. The molecule has 4 rings (SSSR count). The highest BCUT2D eigenvalue weighted by Crippen LogP contribution is 2.22. The van der Waals surface area contributed by atoms with Gasteiger partial charge in [-0.15, -0.1) is 0 Å². The second-order valence-corrected chi connectivity index (χ2v) is 7.06. The Kier molecular flexibility index (Phi) is 4.91. The molecule has 0 N–H and O–H groups in total. The van der Waals surface area contributed by atoms with Gasteiger partial charge >= 0.3 is 0 Å². The van der Waals surface area contributed by atoms with Crippen LogP contribution in [0.3, 0.4) is 0 Å². The van der Waals surface area contributed by atoms with Crippen molar-refractivity contribution in [1.29, 1.82) is 0 Å². The maximum atomic E-state index is 6.10. The molecule has 0 aliphatic carbocycles. The Morgan fingerprint density at radius 1 is 1.04 bits per heavy atom. The molecule has 1 fully saturated rings. The predicted molar refractivity (Wildman–Crippen MR) is 103 cm³/mol. The summed E-state index contributed by atoms with van der Waals surface area (Å²) in [6.45, 7) is 6.56. The van der Waals surface area contributed by atoms with Crippen molar-refractivity contribution >= 4 is 17.3 Å². The molecule has 1 aromatic heterocycles. The van der Waals surface area contributed by atoms with Crippen molar-refractivity contribution in [3.63, 3.8) is 0 Å². The minimum Gasteiger partial charge on any atom is -0.369 e. The number of anilines is 1. The molecule has 0 atom stereocenters. The summed E-state index contributed by atoms with van der Waals surface area (Å²) in [5.41, 5.74) is 3.36. The summed E-state index contributed by atoms with van der Waals surface area (Å²) in [6.07, 6.45) is 0. The number of rotatable bonds is 4. The van der Waals surface area contributed by atoms with E-state index in [1.165, 1.54) is 11.3 Å². The zero-order chi connectivity index (χ0) is 17.9. The van der Waals surface area contributed by atoms with E-state index in [-0.39, 0.29) is 0 Å². The van der Waals surface area contributed by atoms with E-state index in [0.29, 0.717) is 18.3 Å². The largest absolute Gasteiger partial charge is 0.369 e. The average molecular weight is 369 g/mol. The van der Waals surface area contributed by atoms with Gasteiger partial charge in [0.1, 0.15) is 0 Å². The first-order chi connectivity index (χ1) is 12.7. The molecule has 6 heteroatoms. The topological polar surface area (TPSA) is 45.4 Å². The van der Waals surface area contributed by atoms with E-state index >= 15 is 0 Å². The number of nitrogens with zero attached hydrogens (tertiary/aromatic N) is 4. The third kappa shape index (κ3) is 3.89. The highest BCUT2D eigenvalue weighted by Gasteiger charge is 2.20. The van der Waals surface area contributed by atoms with E-state index in [0.717, 1.165) is 36.8 Å². The van der Waals surface area contributed by atoms with Crippen molar-refractivity contribution in [2.75, 3.05) is 31.1 Å². The van der Waals surface area contributed by atoms with Gasteiger partial charge in [-0.3, -0.25) is 4.90 Å². The molecular formula is C20H21ClN4O. The second kappa shape index (κ2) is 7.48. The molecule has 0 bridgehead atoms. The molecule has 0 spiro atoms. The van der Waals surface area contributed by atoms with Gasteiger partial charge < -0.3 is 9.42 Å². The Balaban J connectivity index is 1.36. The zero-order valence-electron chi connectivity index (χ0n) is 14.7. The summed E-state index contributed by atoms with van der Waals surface area (Å²) >= 11 is 6.10. The van der Waals surface area contributed by atoms with Gasteiger partial charge in [-0.05, 0) is 31.2 Å². The maximum absolute atomic E-state index is 6.10. The smallest absolute Gasteiger partial charge is 0.241 e. The monoisotopic (exact) mass is 368 g/mol. The van der Waals surface area contributed by atoms with Crippen LogP contribution in [-0.4, -0.2) is 41.2 Å². The van der Waals surface area contributed by atoms with Crippen LogP contribution in [0.15, 0.2) is 53.1 Å². The van der Waals surface area contributed by atoms with E-state index < -0.39 is 0 Å². The predicted octanol–water partition coefficient (Wildman–Crippen LogP) is 4.02. The van der Waals surface area contributed by atoms with Crippen molar-refractivity contribution in [3.8, 4) is 11.4 Å². The zero-order valence-corrected chi connectivity index (χ0v) is 15.5. The van der Waals surface area contributed by atoms with E-state index in [4.69, 9.17) is 16.1 Å². The van der Waals surface area contributed by atoms with Crippen LogP contribution in [0.4, 0.5) is 5.69 Å². The number of hydrogen-bond donors (Lipinski definition) is 0. The lowest BCUT2D eigenvalue weighted by Crippen LogP contribution is -2.46. The fourth-order valence-corrected chi connectivity index (χ4v) is 3.43. The molecule has 1 aliphatic rings. The fraction of sp³-hybridized carbons (Fsp3) is 0.300. The van der Waals surface area contributed by atoms with Crippen molar-refractivity contribution in [2.45, 2.75) is 13.5 Å². The molecule has 26 heavy (non-hydrogen) atoms. The van der Waals surface area contributed by atoms with Crippen LogP contribution in [0, 0.1) is 6.92 Å².